The van der Waals surface area contributed by atoms with Gasteiger partial charge in [0.05, 0.1) is 17.9 Å². The smallest absolute Gasteiger partial charge is 0.255 e. The number of hydrogen-bond donors (Lipinski definition) is 1. The largest absolute Gasteiger partial charge is 0.472 e. The Balaban J connectivity index is 1.84. The molecule has 5 heteroatoms. The van der Waals surface area contributed by atoms with Gasteiger partial charge in [-0.2, -0.15) is 0 Å². The molecule has 0 aliphatic carbocycles. The Bertz CT molecular complexity index is 597. The zero-order valence-electron chi connectivity index (χ0n) is 10.1. The summed E-state index contributed by atoms with van der Waals surface area (Å²) in [6.45, 7) is 0. The average Bonchev–Trinajstić information content (AvgIpc) is 2.93. The molecule has 2 aromatic rings. The summed E-state index contributed by atoms with van der Waals surface area (Å²) in [5.41, 5.74) is 1.64. The molecule has 2 heterocycles. The molecule has 3 rings (SSSR count). The normalized spacial score (nSPS) is 17.8. The van der Waals surface area contributed by atoms with Gasteiger partial charge < -0.3 is 9.73 Å². The molecule has 0 fully saturated rings. The summed E-state index contributed by atoms with van der Waals surface area (Å²) in [4.78, 5) is 13.2. The standard InChI is InChI=1S/C14H12ClNO2S/c15-10-1-2-13-11(7-10)12(4-6-19-13)16-14(17)9-3-5-18-8-9/h1-3,5,7-8,12H,4,6H2,(H,16,17)/t12-/m1/s1. The molecule has 0 saturated carbocycles. The summed E-state index contributed by atoms with van der Waals surface area (Å²) >= 11 is 7.84. The van der Waals surface area contributed by atoms with E-state index in [1.54, 1.807) is 17.8 Å². The van der Waals surface area contributed by atoms with Crippen LogP contribution in [-0.4, -0.2) is 11.7 Å². The number of rotatable bonds is 2. The lowest BCUT2D eigenvalue weighted by Gasteiger charge is -2.26. The van der Waals surface area contributed by atoms with E-state index in [1.165, 1.54) is 17.4 Å². The summed E-state index contributed by atoms with van der Waals surface area (Å²) < 4.78 is 4.93. The zero-order chi connectivity index (χ0) is 13.2. The van der Waals surface area contributed by atoms with Crippen molar-refractivity contribution in [3.63, 3.8) is 0 Å². The van der Waals surface area contributed by atoms with Crippen LogP contribution in [0.3, 0.4) is 0 Å². The van der Waals surface area contributed by atoms with E-state index in [9.17, 15) is 4.79 Å². The molecule has 0 bridgehead atoms. The molecule has 1 aliphatic heterocycles. The first-order chi connectivity index (χ1) is 9.24. The van der Waals surface area contributed by atoms with E-state index < -0.39 is 0 Å². The number of carbonyl (C=O) groups is 1. The van der Waals surface area contributed by atoms with Crippen LogP contribution in [0.4, 0.5) is 0 Å². The molecule has 3 nitrogen and oxygen atoms in total. The average molecular weight is 294 g/mol. The highest BCUT2D eigenvalue weighted by molar-refractivity contribution is 7.99. The predicted molar refractivity (Wildman–Crippen MR) is 75.7 cm³/mol. The summed E-state index contributed by atoms with van der Waals surface area (Å²) in [5.74, 6) is 0.877. The fraction of sp³-hybridized carbons (Fsp3) is 0.214. The Morgan fingerprint density at radius 1 is 1.42 bits per heavy atom. The van der Waals surface area contributed by atoms with Gasteiger partial charge >= 0.3 is 0 Å². The van der Waals surface area contributed by atoms with E-state index in [4.69, 9.17) is 16.0 Å². The summed E-state index contributed by atoms with van der Waals surface area (Å²) in [7, 11) is 0. The third-order valence-corrected chi connectivity index (χ3v) is 4.46. The second kappa shape index (κ2) is 5.31. The molecule has 0 unspecified atom stereocenters. The van der Waals surface area contributed by atoms with Crippen LogP contribution in [-0.2, 0) is 0 Å². The van der Waals surface area contributed by atoms with Crippen LogP contribution >= 0.6 is 23.4 Å². The summed E-state index contributed by atoms with van der Waals surface area (Å²) in [6, 6.07) is 7.50. The first-order valence-electron chi connectivity index (χ1n) is 5.99. The first-order valence-corrected chi connectivity index (χ1v) is 7.36. The lowest BCUT2D eigenvalue weighted by Crippen LogP contribution is -2.30. The maximum absolute atomic E-state index is 12.1. The van der Waals surface area contributed by atoms with Crippen molar-refractivity contribution in [1.82, 2.24) is 5.32 Å². The molecule has 1 aromatic heterocycles. The minimum Gasteiger partial charge on any atom is -0.472 e. The number of nitrogens with one attached hydrogen (secondary N) is 1. The van der Waals surface area contributed by atoms with Gasteiger partial charge in [0.1, 0.15) is 6.26 Å². The van der Waals surface area contributed by atoms with Crippen LogP contribution < -0.4 is 5.32 Å². The molecule has 1 aliphatic rings. The third kappa shape index (κ3) is 2.65. The quantitative estimate of drug-likeness (QED) is 0.913. The number of benzene rings is 1. The molecule has 1 atom stereocenters. The molecular formula is C14H12ClNO2S. The molecule has 1 amide bonds. The van der Waals surface area contributed by atoms with Crippen LogP contribution in [0, 0.1) is 0 Å². The minimum atomic E-state index is -0.114. The molecule has 0 radical (unpaired) electrons. The van der Waals surface area contributed by atoms with E-state index in [2.05, 4.69) is 5.32 Å². The predicted octanol–water partition coefficient (Wildman–Crippen LogP) is 3.90. The number of furan rings is 1. The monoisotopic (exact) mass is 293 g/mol. The lowest BCUT2D eigenvalue weighted by atomic mass is 10.0. The van der Waals surface area contributed by atoms with Crippen LogP contribution in [0.5, 0.6) is 0 Å². The molecule has 98 valence electrons. The van der Waals surface area contributed by atoms with E-state index in [0.717, 1.165) is 17.7 Å². The number of halogens is 1. The molecule has 19 heavy (non-hydrogen) atoms. The fourth-order valence-electron chi connectivity index (χ4n) is 2.15. The highest BCUT2D eigenvalue weighted by Crippen LogP contribution is 2.37. The molecule has 1 N–H and O–H groups in total. The Labute approximate surface area is 120 Å². The lowest BCUT2D eigenvalue weighted by molar-refractivity contribution is 0.0934. The summed E-state index contributed by atoms with van der Waals surface area (Å²) in [5, 5.41) is 3.73. The number of amides is 1. The van der Waals surface area contributed by atoms with Gasteiger partial charge in [0.25, 0.3) is 5.91 Å². The van der Waals surface area contributed by atoms with E-state index in [-0.39, 0.29) is 11.9 Å². The highest BCUT2D eigenvalue weighted by atomic mass is 35.5. The number of thioether (sulfide) groups is 1. The number of hydrogen-bond acceptors (Lipinski definition) is 3. The van der Waals surface area contributed by atoms with Gasteiger partial charge in [-0.3, -0.25) is 4.79 Å². The second-order valence-corrected chi connectivity index (χ2v) is 5.93. The van der Waals surface area contributed by atoms with Crippen molar-refractivity contribution in [2.45, 2.75) is 17.4 Å². The second-order valence-electron chi connectivity index (χ2n) is 4.36. The highest BCUT2D eigenvalue weighted by Gasteiger charge is 2.23. The van der Waals surface area contributed by atoms with Crippen LogP contribution in [0.25, 0.3) is 0 Å². The van der Waals surface area contributed by atoms with Crippen LogP contribution in [0.1, 0.15) is 28.4 Å². The maximum atomic E-state index is 12.1. The Morgan fingerprint density at radius 3 is 3.11 bits per heavy atom. The Morgan fingerprint density at radius 2 is 2.32 bits per heavy atom. The Kier molecular flexibility index (Phi) is 3.53. The van der Waals surface area contributed by atoms with Crippen molar-refractivity contribution in [1.29, 1.82) is 0 Å². The number of carbonyl (C=O) groups excluding carboxylic acids is 1. The SMILES string of the molecule is O=C(N[C@@H]1CCSc2ccc(Cl)cc21)c1ccoc1. The van der Waals surface area contributed by atoms with Crippen molar-refractivity contribution < 1.29 is 9.21 Å². The van der Waals surface area contributed by atoms with E-state index in [0.29, 0.717) is 10.6 Å². The maximum Gasteiger partial charge on any atom is 0.255 e. The number of fused-ring (bicyclic) bond motifs is 1. The van der Waals surface area contributed by atoms with Gasteiger partial charge in [-0.05, 0) is 36.2 Å². The van der Waals surface area contributed by atoms with E-state index in [1.807, 2.05) is 18.2 Å². The fourth-order valence-corrected chi connectivity index (χ4v) is 3.44. The third-order valence-electron chi connectivity index (χ3n) is 3.10. The van der Waals surface area contributed by atoms with E-state index >= 15 is 0 Å². The van der Waals surface area contributed by atoms with Crippen molar-refractivity contribution in [2.24, 2.45) is 0 Å². The van der Waals surface area contributed by atoms with Gasteiger partial charge in [-0.25, -0.2) is 0 Å². The van der Waals surface area contributed by atoms with Gasteiger partial charge in [0.15, 0.2) is 0 Å². The van der Waals surface area contributed by atoms with Crippen molar-refractivity contribution in [3.8, 4) is 0 Å². The minimum absolute atomic E-state index is 0.0114. The van der Waals surface area contributed by atoms with Gasteiger partial charge in [0, 0.05) is 15.7 Å². The van der Waals surface area contributed by atoms with Crippen molar-refractivity contribution >= 4 is 29.3 Å². The Hall–Kier alpha value is -1.39. The van der Waals surface area contributed by atoms with Gasteiger partial charge in [0.2, 0.25) is 0 Å². The van der Waals surface area contributed by atoms with Crippen molar-refractivity contribution in [3.05, 3.63) is 52.9 Å². The molecule has 1 aromatic carbocycles. The molecular weight excluding hydrogens is 282 g/mol. The molecule has 0 saturated heterocycles. The van der Waals surface area contributed by atoms with Crippen molar-refractivity contribution in [2.75, 3.05) is 5.75 Å². The van der Waals surface area contributed by atoms with Gasteiger partial charge in [-0.1, -0.05) is 11.6 Å². The topological polar surface area (TPSA) is 42.2 Å². The first kappa shape index (κ1) is 12.6. The zero-order valence-corrected chi connectivity index (χ0v) is 11.6. The van der Waals surface area contributed by atoms with Crippen LogP contribution in [0.15, 0.2) is 46.1 Å². The molecule has 0 spiro atoms. The summed E-state index contributed by atoms with van der Waals surface area (Å²) in [6.07, 6.45) is 3.85. The van der Waals surface area contributed by atoms with Gasteiger partial charge in [-0.15, -0.1) is 11.8 Å². The van der Waals surface area contributed by atoms with Crippen LogP contribution in [0.2, 0.25) is 5.02 Å².